The minimum atomic E-state index is -0.238. The lowest BCUT2D eigenvalue weighted by atomic mass is 9.97. The minimum absolute atomic E-state index is 0.0154. The Morgan fingerprint density at radius 1 is 0.862 bits per heavy atom. The van der Waals surface area contributed by atoms with Gasteiger partial charge in [-0.3, -0.25) is 14.4 Å². The predicted octanol–water partition coefficient (Wildman–Crippen LogP) is 3.81. The van der Waals surface area contributed by atoms with Crippen molar-refractivity contribution in [2.24, 2.45) is 5.92 Å². The highest BCUT2D eigenvalue weighted by Gasteiger charge is 2.35. The molecule has 1 N–H and O–H groups in total. The molecule has 0 bridgehead atoms. The largest absolute Gasteiger partial charge is 0.349 e. The molecule has 150 valence electrons. The Labute approximate surface area is 178 Å². The minimum Gasteiger partial charge on any atom is -0.349 e. The van der Waals surface area contributed by atoms with Gasteiger partial charge in [-0.2, -0.15) is 0 Å². The average molecular weight is 455 g/mol. The Balaban J connectivity index is 1.42. The van der Waals surface area contributed by atoms with Gasteiger partial charge in [-0.05, 0) is 56.0 Å². The SMILES string of the molecule is O=C(NC1CCN(C(=O)C2CC2)CC1)c1ccccc1C(=O)c1ccc(Br)cc1. The zero-order valence-electron chi connectivity index (χ0n) is 16.1. The lowest BCUT2D eigenvalue weighted by molar-refractivity contribution is -0.133. The van der Waals surface area contributed by atoms with E-state index in [0.717, 1.165) is 30.2 Å². The Kier molecular flexibility index (Phi) is 5.81. The van der Waals surface area contributed by atoms with Crippen molar-refractivity contribution in [2.45, 2.75) is 31.7 Å². The number of ketones is 1. The zero-order valence-corrected chi connectivity index (χ0v) is 17.7. The summed E-state index contributed by atoms with van der Waals surface area (Å²) in [7, 11) is 0. The fourth-order valence-electron chi connectivity index (χ4n) is 3.73. The van der Waals surface area contributed by atoms with Crippen LogP contribution in [0.5, 0.6) is 0 Å². The highest BCUT2D eigenvalue weighted by molar-refractivity contribution is 9.10. The topological polar surface area (TPSA) is 66.5 Å². The highest BCUT2D eigenvalue weighted by Crippen LogP contribution is 2.32. The molecule has 2 amide bonds. The van der Waals surface area contributed by atoms with Crippen LogP contribution in [0, 0.1) is 5.92 Å². The molecule has 2 aliphatic rings. The van der Waals surface area contributed by atoms with Crippen molar-refractivity contribution in [3.05, 3.63) is 69.7 Å². The Bertz CT molecular complexity index is 929. The van der Waals surface area contributed by atoms with Crippen LogP contribution in [0.4, 0.5) is 0 Å². The Hall–Kier alpha value is -2.47. The maximum Gasteiger partial charge on any atom is 0.252 e. The second kappa shape index (κ2) is 8.49. The number of benzene rings is 2. The molecule has 4 rings (SSSR count). The van der Waals surface area contributed by atoms with Gasteiger partial charge in [0.1, 0.15) is 0 Å². The molecule has 0 unspecified atom stereocenters. The first kappa shape index (κ1) is 19.8. The van der Waals surface area contributed by atoms with Gasteiger partial charge in [0.05, 0.1) is 5.56 Å². The molecule has 2 aromatic rings. The standard InChI is InChI=1S/C23H23BrN2O3/c24-17-9-7-15(8-10-17)21(27)19-3-1-2-4-20(19)22(28)25-18-11-13-26(14-12-18)23(29)16-5-6-16/h1-4,7-10,16,18H,5-6,11-14H2,(H,25,28). The first-order valence-electron chi connectivity index (χ1n) is 10.0. The van der Waals surface area contributed by atoms with E-state index >= 15 is 0 Å². The van der Waals surface area contributed by atoms with E-state index in [1.54, 1.807) is 36.4 Å². The fourth-order valence-corrected chi connectivity index (χ4v) is 4.00. The van der Waals surface area contributed by atoms with Crippen LogP contribution in [0.3, 0.4) is 0 Å². The Morgan fingerprint density at radius 2 is 1.48 bits per heavy atom. The number of halogens is 1. The monoisotopic (exact) mass is 454 g/mol. The molecular weight excluding hydrogens is 432 g/mol. The maximum absolute atomic E-state index is 12.9. The van der Waals surface area contributed by atoms with E-state index in [-0.39, 0.29) is 29.6 Å². The number of nitrogens with zero attached hydrogens (tertiary/aromatic N) is 1. The number of nitrogens with one attached hydrogen (secondary N) is 1. The highest BCUT2D eigenvalue weighted by atomic mass is 79.9. The van der Waals surface area contributed by atoms with Crippen LogP contribution < -0.4 is 5.32 Å². The number of piperidine rings is 1. The molecule has 1 saturated carbocycles. The van der Waals surface area contributed by atoms with Crippen LogP contribution in [0.1, 0.15) is 52.0 Å². The fraction of sp³-hybridized carbons (Fsp3) is 0.348. The summed E-state index contributed by atoms with van der Waals surface area (Å²) < 4.78 is 0.895. The predicted molar refractivity (Wildman–Crippen MR) is 114 cm³/mol. The average Bonchev–Trinajstić information content (AvgIpc) is 3.59. The van der Waals surface area contributed by atoms with Gasteiger partial charge in [-0.25, -0.2) is 0 Å². The van der Waals surface area contributed by atoms with E-state index in [0.29, 0.717) is 29.8 Å². The van der Waals surface area contributed by atoms with E-state index in [4.69, 9.17) is 0 Å². The number of carbonyl (C=O) groups excluding carboxylic acids is 3. The molecule has 0 atom stereocenters. The van der Waals surface area contributed by atoms with E-state index in [2.05, 4.69) is 21.2 Å². The molecule has 2 aromatic carbocycles. The summed E-state index contributed by atoms with van der Waals surface area (Å²) >= 11 is 3.37. The second-order valence-electron chi connectivity index (χ2n) is 7.73. The summed E-state index contributed by atoms with van der Waals surface area (Å²) in [5.41, 5.74) is 1.32. The van der Waals surface area contributed by atoms with Crippen LogP contribution in [0.2, 0.25) is 0 Å². The van der Waals surface area contributed by atoms with Gasteiger partial charge in [-0.15, -0.1) is 0 Å². The van der Waals surface area contributed by atoms with E-state index < -0.39 is 0 Å². The normalized spacial score (nSPS) is 17.1. The molecule has 5 nitrogen and oxygen atoms in total. The first-order valence-corrected chi connectivity index (χ1v) is 10.8. The first-order chi connectivity index (χ1) is 14.0. The van der Waals surface area contributed by atoms with Gasteiger partial charge in [0.15, 0.2) is 5.78 Å². The van der Waals surface area contributed by atoms with Gasteiger partial charge in [0.25, 0.3) is 5.91 Å². The molecule has 29 heavy (non-hydrogen) atoms. The third-order valence-electron chi connectivity index (χ3n) is 5.59. The molecule has 1 heterocycles. The number of hydrogen-bond donors (Lipinski definition) is 1. The number of carbonyl (C=O) groups is 3. The van der Waals surface area contributed by atoms with E-state index in [1.165, 1.54) is 0 Å². The van der Waals surface area contributed by atoms with Gasteiger partial charge in [0.2, 0.25) is 5.91 Å². The smallest absolute Gasteiger partial charge is 0.252 e. The van der Waals surface area contributed by atoms with E-state index in [1.807, 2.05) is 17.0 Å². The van der Waals surface area contributed by atoms with E-state index in [9.17, 15) is 14.4 Å². The van der Waals surface area contributed by atoms with Gasteiger partial charge < -0.3 is 10.2 Å². The van der Waals surface area contributed by atoms with Crippen molar-refractivity contribution < 1.29 is 14.4 Å². The summed E-state index contributed by atoms with van der Waals surface area (Å²) in [5, 5.41) is 3.06. The summed E-state index contributed by atoms with van der Waals surface area (Å²) in [6.45, 7) is 1.36. The van der Waals surface area contributed by atoms with Gasteiger partial charge >= 0.3 is 0 Å². The molecule has 1 aliphatic heterocycles. The summed E-state index contributed by atoms with van der Waals surface area (Å²) in [4.78, 5) is 39.9. The lowest BCUT2D eigenvalue weighted by Crippen LogP contribution is -2.47. The maximum atomic E-state index is 12.9. The van der Waals surface area contributed by atoms with Crippen LogP contribution in [0.15, 0.2) is 53.0 Å². The molecule has 2 fully saturated rings. The van der Waals surface area contributed by atoms with Crippen molar-refractivity contribution in [1.82, 2.24) is 10.2 Å². The van der Waals surface area contributed by atoms with Crippen LogP contribution in [-0.2, 0) is 4.79 Å². The van der Waals surface area contributed by atoms with Gasteiger partial charge in [0, 0.05) is 40.6 Å². The van der Waals surface area contributed by atoms with Crippen molar-refractivity contribution in [3.8, 4) is 0 Å². The van der Waals surface area contributed by atoms with Crippen molar-refractivity contribution in [3.63, 3.8) is 0 Å². The van der Waals surface area contributed by atoms with Crippen molar-refractivity contribution >= 4 is 33.5 Å². The van der Waals surface area contributed by atoms with Crippen LogP contribution in [0.25, 0.3) is 0 Å². The molecule has 0 aromatic heterocycles. The number of rotatable bonds is 5. The number of amides is 2. The Morgan fingerprint density at radius 3 is 2.10 bits per heavy atom. The molecule has 1 aliphatic carbocycles. The summed E-state index contributed by atoms with van der Waals surface area (Å²) in [5.74, 6) is 0.0870. The molecule has 0 spiro atoms. The number of likely N-dealkylation sites (tertiary alicyclic amines) is 1. The molecule has 1 saturated heterocycles. The molecule has 0 radical (unpaired) electrons. The number of hydrogen-bond acceptors (Lipinski definition) is 3. The van der Waals surface area contributed by atoms with Crippen molar-refractivity contribution in [2.75, 3.05) is 13.1 Å². The third-order valence-corrected chi connectivity index (χ3v) is 6.12. The lowest BCUT2D eigenvalue weighted by Gasteiger charge is -2.32. The quantitative estimate of drug-likeness (QED) is 0.698. The van der Waals surface area contributed by atoms with Crippen LogP contribution >= 0.6 is 15.9 Å². The molecular formula is C23H23BrN2O3. The van der Waals surface area contributed by atoms with Crippen LogP contribution in [-0.4, -0.2) is 41.6 Å². The molecule has 6 heteroatoms. The van der Waals surface area contributed by atoms with Crippen molar-refractivity contribution in [1.29, 1.82) is 0 Å². The van der Waals surface area contributed by atoms with Gasteiger partial charge in [-0.1, -0.05) is 34.1 Å². The second-order valence-corrected chi connectivity index (χ2v) is 8.64. The summed E-state index contributed by atoms with van der Waals surface area (Å²) in [6.07, 6.45) is 3.51. The third kappa shape index (κ3) is 4.58. The summed E-state index contributed by atoms with van der Waals surface area (Å²) in [6, 6.07) is 14.0. The zero-order chi connectivity index (χ0) is 20.4.